The van der Waals surface area contributed by atoms with Crippen LogP contribution in [0.2, 0.25) is 0 Å². The smallest absolute Gasteiger partial charge is 0.268 e. The molecule has 1 amide bonds. The van der Waals surface area contributed by atoms with Gasteiger partial charge in [-0.1, -0.05) is 25.1 Å². The van der Waals surface area contributed by atoms with Crippen molar-refractivity contribution in [3.05, 3.63) is 29.8 Å². The van der Waals surface area contributed by atoms with Gasteiger partial charge in [0.25, 0.3) is 5.91 Å². The average Bonchev–Trinajstić information content (AvgIpc) is 2.23. The predicted molar refractivity (Wildman–Crippen MR) is 52.1 cm³/mol. The molecule has 0 spiro atoms. The minimum absolute atomic E-state index is 0.0536. The Bertz CT molecular complexity index is 378. The third kappa shape index (κ3) is 1.12. The predicted octanol–water partition coefficient (Wildman–Crippen LogP) is 0.853. The molecule has 1 aromatic carbocycles. The van der Waals surface area contributed by atoms with Gasteiger partial charge in [0.2, 0.25) is 0 Å². The van der Waals surface area contributed by atoms with E-state index in [0.717, 1.165) is 5.56 Å². The van der Waals surface area contributed by atoms with Crippen LogP contribution in [0.4, 0.5) is 5.69 Å². The van der Waals surface area contributed by atoms with Gasteiger partial charge in [0.05, 0.1) is 11.7 Å². The SMILES string of the molecule is C[C@@H]1c2ccccc2N(O)C(=O)[C@H]1N. The van der Waals surface area contributed by atoms with Crippen molar-refractivity contribution >= 4 is 11.6 Å². The minimum Gasteiger partial charge on any atom is -0.319 e. The van der Waals surface area contributed by atoms with E-state index in [2.05, 4.69) is 0 Å². The van der Waals surface area contributed by atoms with Gasteiger partial charge in [-0.05, 0) is 11.6 Å². The fraction of sp³-hybridized carbons (Fsp3) is 0.300. The molecule has 2 atom stereocenters. The summed E-state index contributed by atoms with van der Waals surface area (Å²) < 4.78 is 0. The van der Waals surface area contributed by atoms with E-state index >= 15 is 0 Å². The van der Waals surface area contributed by atoms with Gasteiger partial charge >= 0.3 is 0 Å². The van der Waals surface area contributed by atoms with E-state index in [4.69, 9.17) is 5.73 Å². The first-order valence-corrected chi connectivity index (χ1v) is 4.50. The molecule has 2 rings (SSSR count). The van der Waals surface area contributed by atoms with Crippen molar-refractivity contribution in [2.24, 2.45) is 5.73 Å². The van der Waals surface area contributed by atoms with Gasteiger partial charge in [0.1, 0.15) is 0 Å². The van der Waals surface area contributed by atoms with E-state index in [1.807, 2.05) is 19.1 Å². The Morgan fingerprint density at radius 2 is 2.07 bits per heavy atom. The third-order valence-corrected chi connectivity index (χ3v) is 2.69. The molecule has 1 heterocycles. The molecule has 0 aromatic heterocycles. The van der Waals surface area contributed by atoms with Crippen LogP contribution in [0.25, 0.3) is 0 Å². The Morgan fingerprint density at radius 1 is 1.43 bits per heavy atom. The molecule has 0 saturated heterocycles. The summed E-state index contributed by atoms with van der Waals surface area (Å²) in [5.41, 5.74) is 7.11. The van der Waals surface area contributed by atoms with Gasteiger partial charge in [-0.3, -0.25) is 10.0 Å². The molecule has 74 valence electrons. The van der Waals surface area contributed by atoms with Crippen molar-refractivity contribution in [2.75, 3.05) is 5.06 Å². The zero-order valence-electron chi connectivity index (χ0n) is 7.84. The molecule has 3 N–H and O–H groups in total. The number of carbonyl (C=O) groups is 1. The first-order chi connectivity index (χ1) is 6.63. The first kappa shape index (κ1) is 9.18. The topological polar surface area (TPSA) is 66.6 Å². The van der Waals surface area contributed by atoms with Crippen LogP contribution in [-0.2, 0) is 4.79 Å². The third-order valence-electron chi connectivity index (χ3n) is 2.69. The van der Waals surface area contributed by atoms with E-state index < -0.39 is 11.9 Å². The maximum absolute atomic E-state index is 11.4. The van der Waals surface area contributed by atoms with Gasteiger partial charge in [-0.15, -0.1) is 0 Å². The van der Waals surface area contributed by atoms with Crippen LogP contribution in [0.15, 0.2) is 24.3 Å². The van der Waals surface area contributed by atoms with Crippen molar-refractivity contribution in [1.82, 2.24) is 0 Å². The first-order valence-electron chi connectivity index (χ1n) is 4.50. The monoisotopic (exact) mass is 192 g/mol. The summed E-state index contributed by atoms with van der Waals surface area (Å²) in [4.78, 5) is 11.4. The van der Waals surface area contributed by atoms with Gasteiger partial charge in [-0.25, -0.2) is 0 Å². The standard InChI is InChI=1S/C10H12N2O2/c1-6-7-4-2-3-5-8(7)12(14)10(13)9(6)11/h2-6,9,14H,11H2,1H3/t6-,9+/m1/s1. The number of nitrogens with zero attached hydrogens (tertiary/aromatic N) is 1. The molecule has 1 aromatic rings. The number of anilines is 1. The van der Waals surface area contributed by atoms with Gasteiger partial charge in [0.15, 0.2) is 0 Å². The molecule has 14 heavy (non-hydrogen) atoms. The van der Waals surface area contributed by atoms with Crippen molar-refractivity contribution in [1.29, 1.82) is 0 Å². The van der Waals surface area contributed by atoms with Crippen molar-refractivity contribution in [3.63, 3.8) is 0 Å². The summed E-state index contributed by atoms with van der Waals surface area (Å²) >= 11 is 0. The van der Waals surface area contributed by atoms with E-state index in [-0.39, 0.29) is 5.92 Å². The van der Waals surface area contributed by atoms with E-state index in [9.17, 15) is 10.0 Å². The Hall–Kier alpha value is -1.39. The zero-order valence-corrected chi connectivity index (χ0v) is 7.84. The zero-order chi connectivity index (χ0) is 10.3. The lowest BCUT2D eigenvalue weighted by Gasteiger charge is -2.32. The van der Waals surface area contributed by atoms with Crippen LogP contribution in [0.1, 0.15) is 18.4 Å². The number of carbonyl (C=O) groups excluding carboxylic acids is 1. The highest BCUT2D eigenvalue weighted by Crippen LogP contribution is 2.33. The summed E-state index contributed by atoms with van der Waals surface area (Å²) in [6.07, 6.45) is 0. The summed E-state index contributed by atoms with van der Waals surface area (Å²) in [5, 5.41) is 10.2. The number of para-hydroxylation sites is 1. The molecular weight excluding hydrogens is 180 g/mol. The summed E-state index contributed by atoms with van der Waals surface area (Å²) in [6, 6.07) is 6.56. The number of benzene rings is 1. The molecular formula is C10H12N2O2. The number of hydrogen-bond donors (Lipinski definition) is 2. The quantitative estimate of drug-likeness (QED) is 0.599. The fourth-order valence-corrected chi connectivity index (χ4v) is 1.73. The van der Waals surface area contributed by atoms with E-state index in [1.54, 1.807) is 12.1 Å². The lowest BCUT2D eigenvalue weighted by atomic mass is 9.88. The highest BCUT2D eigenvalue weighted by atomic mass is 16.5. The highest BCUT2D eigenvalue weighted by molar-refractivity contribution is 5.98. The molecule has 0 unspecified atom stereocenters. The van der Waals surface area contributed by atoms with E-state index in [1.165, 1.54) is 0 Å². The second-order valence-corrected chi connectivity index (χ2v) is 3.52. The Morgan fingerprint density at radius 3 is 2.79 bits per heavy atom. The summed E-state index contributed by atoms with van der Waals surface area (Å²) in [7, 11) is 0. The van der Waals surface area contributed by atoms with Crippen LogP contribution < -0.4 is 10.8 Å². The van der Waals surface area contributed by atoms with Gasteiger partial charge in [0, 0.05) is 5.92 Å². The average molecular weight is 192 g/mol. The van der Waals surface area contributed by atoms with Crippen LogP contribution in [0.3, 0.4) is 0 Å². The highest BCUT2D eigenvalue weighted by Gasteiger charge is 2.34. The Kier molecular flexibility index (Phi) is 2.02. The summed E-state index contributed by atoms with van der Waals surface area (Å²) in [6.45, 7) is 1.88. The van der Waals surface area contributed by atoms with Gasteiger partial charge < -0.3 is 5.73 Å². The second-order valence-electron chi connectivity index (χ2n) is 3.52. The van der Waals surface area contributed by atoms with Crippen LogP contribution in [-0.4, -0.2) is 17.2 Å². The molecule has 0 fully saturated rings. The van der Waals surface area contributed by atoms with Crippen molar-refractivity contribution in [2.45, 2.75) is 18.9 Å². The molecule has 0 aliphatic carbocycles. The number of fused-ring (bicyclic) bond motifs is 1. The van der Waals surface area contributed by atoms with E-state index in [0.29, 0.717) is 10.8 Å². The molecule has 1 aliphatic rings. The molecule has 1 aliphatic heterocycles. The number of nitrogens with two attached hydrogens (primary N) is 1. The maximum Gasteiger partial charge on any atom is 0.268 e. The van der Waals surface area contributed by atoms with Crippen LogP contribution in [0.5, 0.6) is 0 Å². The normalized spacial score (nSPS) is 26.2. The lowest BCUT2D eigenvalue weighted by molar-refractivity contribution is -0.125. The van der Waals surface area contributed by atoms with Crippen LogP contribution >= 0.6 is 0 Å². The largest absolute Gasteiger partial charge is 0.319 e. The molecule has 4 heteroatoms. The molecule has 4 nitrogen and oxygen atoms in total. The number of rotatable bonds is 0. The lowest BCUT2D eigenvalue weighted by Crippen LogP contribution is -2.49. The maximum atomic E-state index is 11.4. The molecule has 0 radical (unpaired) electrons. The molecule has 0 bridgehead atoms. The number of hydrogen-bond acceptors (Lipinski definition) is 3. The second kappa shape index (κ2) is 3.08. The number of hydroxylamine groups is 1. The Labute approximate surface area is 81.9 Å². The van der Waals surface area contributed by atoms with Crippen molar-refractivity contribution in [3.8, 4) is 0 Å². The summed E-state index contributed by atoms with van der Waals surface area (Å²) in [5.74, 6) is -0.502. The van der Waals surface area contributed by atoms with Gasteiger partial charge in [-0.2, -0.15) is 5.06 Å². The Balaban J connectivity index is 2.56. The molecule has 0 saturated carbocycles. The number of amides is 1. The van der Waals surface area contributed by atoms with Crippen molar-refractivity contribution < 1.29 is 10.0 Å². The minimum atomic E-state index is -0.658. The van der Waals surface area contributed by atoms with Crippen LogP contribution in [0, 0.1) is 0 Å². The fourth-order valence-electron chi connectivity index (χ4n) is 1.73.